The van der Waals surface area contributed by atoms with Crippen molar-refractivity contribution in [1.82, 2.24) is 4.98 Å². The zero-order valence-electron chi connectivity index (χ0n) is 16.7. The third kappa shape index (κ3) is 4.43. The fraction of sp³-hybridized carbons (Fsp3) is 0.333. The van der Waals surface area contributed by atoms with E-state index in [0.717, 1.165) is 28.3 Å². The smallest absolute Gasteiger partial charge is 0.260 e. The second-order valence-corrected chi connectivity index (χ2v) is 7.81. The number of para-hydroxylation sites is 1. The van der Waals surface area contributed by atoms with E-state index in [4.69, 9.17) is 14.5 Å². The number of amides is 1. The molecule has 0 saturated carbocycles. The molecular weight excluding hydrogens is 374 g/mol. The first-order valence-corrected chi connectivity index (χ1v) is 10.0. The van der Waals surface area contributed by atoms with Gasteiger partial charge in [-0.25, -0.2) is 4.98 Å². The summed E-state index contributed by atoms with van der Waals surface area (Å²) >= 11 is 1.54. The number of nitrogens with one attached hydrogen (secondary N) is 1. The number of carbonyl (C=O) groups excluding carboxylic acids is 1. The van der Waals surface area contributed by atoms with Crippen LogP contribution in [0, 0.1) is 0 Å². The maximum Gasteiger partial charge on any atom is 0.260 e. The fourth-order valence-corrected chi connectivity index (χ4v) is 3.97. The maximum atomic E-state index is 13.4. The van der Waals surface area contributed by atoms with Crippen LogP contribution in [0.5, 0.6) is 11.5 Å². The highest BCUT2D eigenvalue weighted by Crippen LogP contribution is 2.32. The topological polar surface area (TPSA) is 56.1 Å². The summed E-state index contributed by atoms with van der Waals surface area (Å²) < 4.78 is 11.7. The van der Waals surface area contributed by atoms with Crippen LogP contribution in [0.15, 0.2) is 42.5 Å². The van der Waals surface area contributed by atoms with Crippen LogP contribution in [0.2, 0.25) is 0 Å². The van der Waals surface area contributed by atoms with E-state index in [1.54, 1.807) is 37.3 Å². The summed E-state index contributed by atoms with van der Waals surface area (Å²) in [6.45, 7) is 1.58. The van der Waals surface area contributed by atoms with Crippen LogP contribution in [0.3, 0.4) is 0 Å². The molecule has 0 radical (unpaired) electrons. The van der Waals surface area contributed by atoms with Gasteiger partial charge in [0, 0.05) is 18.5 Å². The Morgan fingerprint density at radius 3 is 2.54 bits per heavy atom. The van der Waals surface area contributed by atoms with Gasteiger partial charge in [0.1, 0.15) is 0 Å². The number of hydrogen-bond acceptors (Lipinski definition) is 5. The van der Waals surface area contributed by atoms with Crippen molar-refractivity contribution in [1.29, 1.82) is 0 Å². The van der Waals surface area contributed by atoms with Crippen molar-refractivity contribution in [2.75, 3.05) is 46.3 Å². The van der Waals surface area contributed by atoms with Crippen molar-refractivity contribution in [2.24, 2.45) is 0 Å². The molecular formula is C21H26N3O3S+. The molecule has 148 valence electrons. The molecule has 0 fully saturated rings. The number of carbonyl (C=O) groups is 1. The van der Waals surface area contributed by atoms with Crippen molar-refractivity contribution in [2.45, 2.75) is 6.42 Å². The minimum absolute atomic E-state index is 0.0891. The third-order valence-corrected chi connectivity index (χ3v) is 5.51. The van der Waals surface area contributed by atoms with Gasteiger partial charge in [0.25, 0.3) is 5.91 Å². The van der Waals surface area contributed by atoms with Gasteiger partial charge >= 0.3 is 0 Å². The molecule has 3 aromatic rings. The molecule has 2 aromatic carbocycles. The molecule has 1 N–H and O–H groups in total. The van der Waals surface area contributed by atoms with Gasteiger partial charge in [0.2, 0.25) is 0 Å². The van der Waals surface area contributed by atoms with Crippen LogP contribution in [-0.2, 0) is 0 Å². The monoisotopic (exact) mass is 400 g/mol. The highest BCUT2D eigenvalue weighted by Gasteiger charge is 2.22. The predicted molar refractivity (Wildman–Crippen MR) is 113 cm³/mol. The Labute approximate surface area is 169 Å². The Balaban J connectivity index is 1.94. The molecule has 1 amide bonds. The summed E-state index contributed by atoms with van der Waals surface area (Å²) in [5.74, 6) is 1.05. The lowest BCUT2D eigenvalue weighted by Gasteiger charge is -2.21. The molecule has 6 nitrogen and oxygen atoms in total. The van der Waals surface area contributed by atoms with Crippen LogP contribution >= 0.6 is 11.3 Å². The standard InChI is InChI=1S/C21H25N3O3S/c1-23(2)12-7-13-24(21-22-16-8-5-6-9-19(16)28-21)20(25)15-10-11-17(26-3)18(14-15)27-4/h5-6,8-11,14H,7,12-13H2,1-4H3/p+1. The van der Waals surface area contributed by atoms with Crippen LogP contribution in [0.25, 0.3) is 10.2 Å². The SMILES string of the molecule is COc1ccc(C(=O)N(CCC[NH+](C)C)c2nc3ccccc3s2)cc1OC. The highest BCUT2D eigenvalue weighted by molar-refractivity contribution is 7.22. The zero-order valence-corrected chi connectivity index (χ0v) is 17.5. The number of benzene rings is 2. The molecule has 7 heteroatoms. The molecule has 0 aliphatic carbocycles. The molecule has 0 spiro atoms. The number of quaternary nitrogens is 1. The van der Waals surface area contributed by atoms with Crippen molar-refractivity contribution < 1.29 is 19.2 Å². The van der Waals surface area contributed by atoms with Crippen LogP contribution < -0.4 is 19.3 Å². The average molecular weight is 401 g/mol. The summed E-state index contributed by atoms with van der Waals surface area (Å²) in [7, 11) is 7.37. The second-order valence-electron chi connectivity index (χ2n) is 6.80. The average Bonchev–Trinajstić information content (AvgIpc) is 3.13. The largest absolute Gasteiger partial charge is 0.493 e. The number of rotatable bonds is 8. The molecule has 0 atom stereocenters. The number of aromatic nitrogens is 1. The Hall–Kier alpha value is -2.64. The first kappa shape index (κ1) is 20.1. The lowest BCUT2D eigenvalue weighted by atomic mass is 10.1. The van der Waals surface area contributed by atoms with E-state index in [2.05, 4.69) is 14.1 Å². The lowest BCUT2D eigenvalue weighted by Crippen LogP contribution is -3.05. The van der Waals surface area contributed by atoms with E-state index in [-0.39, 0.29) is 5.91 Å². The van der Waals surface area contributed by atoms with E-state index < -0.39 is 0 Å². The normalized spacial score (nSPS) is 11.0. The van der Waals surface area contributed by atoms with Gasteiger partial charge in [-0.2, -0.15) is 0 Å². The first-order chi connectivity index (χ1) is 13.5. The van der Waals surface area contributed by atoms with Gasteiger partial charge in [0.05, 0.1) is 45.1 Å². The van der Waals surface area contributed by atoms with Crippen molar-refractivity contribution >= 4 is 32.6 Å². The second kappa shape index (κ2) is 9.03. The summed E-state index contributed by atoms with van der Waals surface area (Å²) in [5, 5.41) is 0.717. The van der Waals surface area contributed by atoms with Crippen molar-refractivity contribution in [3.63, 3.8) is 0 Å². The molecule has 1 heterocycles. The molecule has 0 aliphatic heterocycles. The van der Waals surface area contributed by atoms with E-state index in [9.17, 15) is 4.79 Å². The van der Waals surface area contributed by atoms with Gasteiger partial charge in [-0.3, -0.25) is 9.69 Å². The lowest BCUT2D eigenvalue weighted by molar-refractivity contribution is -0.858. The Kier molecular flexibility index (Phi) is 6.49. The maximum absolute atomic E-state index is 13.4. The minimum atomic E-state index is -0.0891. The number of thiazole rings is 1. The van der Waals surface area contributed by atoms with Gasteiger partial charge in [-0.1, -0.05) is 23.5 Å². The van der Waals surface area contributed by atoms with E-state index in [1.807, 2.05) is 24.3 Å². The van der Waals surface area contributed by atoms with E-state index >= 15 is 0 Å². The van der Waals surface area contributed by atoms with E-state index in [1.165, 1.54) is 16.2 Å². The third-order valence-electron chi connectivity index (χ3n) is 4.45. The number of hydrogen-bond donors (Lipinski definition) is 1. The first-order valence-electron chi connectivity index (χ1n) is 9.22. The molecule has 3 rings (SSSR count). The Morgan fingerprint density at radius 1 is 1.11 bits per heavy atom. The minimum Gasteiger partial charge on any atom is -0.493 e. The molecule has 1 aromatic heterocycles. The van der Waals surface area contributed by atoms with Crippen molar-refractivity contribution in [3.05, 3.63) is 48.0 Å². The van der Waals surface area contributed by atoms with Gasteiger partial charge in [-0.05, 0) is 30.3 Å². The molecule has 0 unspecified atom stereocenters. The number of methoxy groups -OCH3 is 2. The number of ether oxygens (including phenoxy) is 2. The summed E-state index contributed by atoms with van der Waals surface area (Å²) in [6, 6.07) is 13.2. The number of fused-ring (bicyclic) bond motifs is 1. The molecule has 0 aliphatic rings. The van der Waals surface area contributed by atoms with Gasteiger partial charge in [0.15, 0.2) is 16.6 Å². The Morgan fingerprint density at radius 2 is 1.86 bits per heavy atom. The van der Waals surface area contributed by atoms with Gasteiger partial charge in [-0.15, -0.1) is 0 Å². The molecule has 28 heavy (non-hydrogen) atoms. The van der Waals surface area contributed by atoms with Crippen LogP contribution in [0.4, 0.5) is 5.13 Å². The fourth-order valence-electron chi connectivity index (χ4n) is 2.98. The number of nitrogens with zero attached hydrogens (tertiary/aromatic N) is 2. The highest BCUT2D eigenvalue weighted by atomic mass is 32.1. The molecule has 0 bridgehead atoms. The predicted octanol–water partition coefficient (Wildman–Crippen LogP) is 2.49. The van der Waals surface area contributed by atoms with E-state index in [0.29, 0.717) is 23.6 Å². The van der Waals surface area contributed by atoms with Gasteiger partial charge < -0.3 is 14.4 Å². The Bertz CT molecular complexity index is 922. The van der Waals surface area contributed by atoms with Crippen LogP contribution in [-0.4, -0.2) is 52.3 Å². The van der Waals surface area contributed by atoms with Crippen LogP contribution in [0.1, 0.15) is 16.8 Å². The quantitative estimate of drug-likeness (QED) is 0.631. The molecule has 0 saturated heterocycles. The zero-order chi connectivity index (χ0) is 20.1. The summed E-state index contributed by atoms with van der Waals surface area (Å²) in [5.41, 5.74) is 1.46. The number of anilines is 1. The van der Waals surface area contributed by atoms with Crippen molar-refractivity contribution in [3.8, 4) is 11.5 Å². The summed E-state index contributed by atoms with van der Waals surface area (Å²) in [4.78, 5) is 21.2. The summed E-state index contributed by atoms with van der Waals surface area (Å²) in [6.07, 6.45) is 0.886.